The van der Waals surface area contributed by atoms with Crippen molar-refractivity contribution in [1.82, 2.24) is 10.3 Å². The molecule has 1 amide bonds. The quantitative estimate of drug-likeness (QED) is 0.936. The van der Waals surface area contributed by atoms with Gasteiger partial charge >= 0.3 is 6.09 Å². The number of pyridine rings is 1. The van der Waals surface area contributed by atoms with Gasteiger partial charge in [0, 0.05) is 24.9 Å². The maximum Gasteiger partial charge on any atom is 0.407 e. The number of alkyl carbamates (subject to hydrolysis) is 1. The van der Waals surface area contributed by atoms with Crippen molar-refractivity contribution in [3.63, 3.8) is 0 Å². The molecule has 0 unspecified atom stereocenters. The molecule has 0 aliphatic rings. The molecule has 0 atom stereocenters. The summed E-state index contributed by atoms with van der Waals surface area (Å²) < 4.78 is 5.22. The van der Waals surface area contributed by atoms with E-state index in [2.05, 4.69) is 22.4 Å². The lowest BCUT2D eigenvalue weighted by atomic mass is 10.1. The lowest BCUT2D eigenvalue weighted by Gasteiger charge is -2.19. The number of nitrogens with zero attached hydrogens (tertiary/aromatic N) is 1. The van der Waals surface area contributed by atoms with Gasteiger partial charge in [-0.3, -0.25) is 4.98 Å². The predicted octanol–water partition coefficient (Wildman–Crippen LogP) is 3.70. The molecule has 2 rings (SSSR count). The zero-order valence-corrected chi connectivity index (χ0v) is 13.3. The monoisotopic (exact) mass is 298 g/mol. The molecule has 1 aromatic carbocycles. The topological polar surface area (TPSA) is 51.2 Å². The van der Waals surface area contributed by atoms with Gasteiger partial charge in [-0.1, -0.05) is 30.3 Å². The second-order valence-electron chi connectivity index (χ2n) is 6.17. The van der Waals surface area contributed by atoms with Crippen LogP contribution in [0.2, 0.25) is 0 Å². The van der Waals surface area contributed by atoms with Crippen LogP contribution < -0.4 is 5.32 Å². The van der Waals surface area contributed by atoms with Gasteiger partial charge in [0.2, 0.25) is 0 Å². The molecule has 1 N–H and O–H groups in total. The molecular formula is C18H22N2O2. The third-order valence-electron chi connectivity index (χ3n) is 2.94. The molecule has 116 valence electrons. The number of hydrogen-bond acceptors (Lipinski definition) is 3. The summed E-state index contributed by atoms with van der Waals surface area (Å²) >= 11 is 0. The van der Waals surface area contributed by atoms with Gasteiger partial charge in [0.15, 0.2) is 0 Å². The molecule has 0 saturated carbocycles. The van der Waals surface area contributed by atoms with Crippen molar-refractivity contribution < 1.29 is 9.53 Å². The molecule has 1 heterocycles. The van der Waals surface area contributed by atoms with Crippen molar-refractivity contribution in [2.24, 2.45) is 0 Å². The molecule has 0 aliphatic heterocycles. The summed E-state index contributed by atoms with van der Waals surface area (Å²) in [6.45, 7) is 5.96. The first-order chi connectivity index (χ1) is 10.4. The highest BCUT2D eigenvalue weighted by Gasteiger charge is 2.15. The largest absolute Gasteiger partial charge is 0.444 e. The molecule has 0 saturated heterocycles. The van der Waals surface area contributed by atoms with Crippen molar-refractivity contribution in [3.05, 3.63) is 65.5 Å². The summed E-state index contributed by atoms with van der Waals surface area (Å²) in [7, 11) is 0. The number of hydrogen-bond donors (Lipinski definition) is 1. The van der Waals surface area contributed by atoms with E-state index in [1.807, 2.05) is 51.1 Å². The van der Waals surface area contributed by atoms with E-state index in [0.29, 0.717) is 6.54 Å². The van der Waals surface area contributed by atoms with Crippen LogP contribution in [-0.4, -0.2) is 16.7 Å². The van der Waals surface area contributed by atoms with Crippen LogP contribution in [0.1, 0.15) is 37.6 Å². The molecule has 22 heavy (non-hydrogen) atoms. The van der Waals surface area contributed by atoms with Crippen molar-refractivity contribution in [2.45, 2.75) is 39.3 Å². The zero-order valence-electron chi connectivity index (χ0n) is 13.3. The second-order valence-corrected chi connectivity index (χ2v) is 6.17. The van der Waals surface area contributed by atoms with Crippen LogP contribution in [0.5, 0.6) is 0 Å². The minimum atomic E-state index is -0.485. The molecule has 2 aromatic rings. The highest BCUT2D eigenvalue weighted by Crippen LogP contribution is 2.10. The molecule has 0 spiro atoms. The summed E-state index contributed by atoms with van der Waals surface area (Å²) in [5.41, 5.74) is 2.72. The fourth-order valence-corrected chi connectivity index (χ4v) is 2.03. The molecule has 0 fully saturated rings. The van der Waals surface area contributed by atoms with Crippen LogP contribution in [-0.2, 0) is 17.7 Å². The molecule has 0 radical (unpaired) electrons. The minimum Gasteiger partial charge on any atom is -0.444 e. The lowest BCUT2D eigenvalue weighted by molar-refractivity contribution is 0.0523. The van der Waals surface area contributed by atoms with E-state index < -0.39 is 11.7 Å². The molecule has 0 aliphatic carbocycles. The van der Waals surface area contributed by atoms with Gasteiger partial charge in [0.25, 0.3) is 0 Å². The van der Waals surface area contributed by atoms with Crippen LogP contribution in [0.4, 0.5) is 4.79 Å². The first kappa shape index (κ1) is 16.0. The van der Waals surface area contributed by atoms with Crippen molar-refractivity contribution in [1.29, 1.82) is 0 Å². The number of nitrogens with one attached hydrogen (secondary N) is 1. The molecule has 4 nitrogen and oxygen atoms in total. The Morgan fingerprint density at radius 1 is 1.14 bits per heavy atom. The van der Waals surface area contributed by atoms with Gasteiger partial charge in [-0.15, -0.1) is 0 Å². The van der Waals surface area contributed by atoms with E-state index in [9.17, 15) is 4.79 Å². The molecule has 4 heteroatoms. The van der Waals surface area contributed by atoms with Gasteiger partial charge in [-0.2, -0.15) is 0 Å². The van der Waals surface area contributed by atoms with Crippen molar-refractivity contribution in [3.8, 4) is 0 Å². The maximum atomic E-state index is 11.7. The predicted molar refractivity (Wildman–Crippen MR) is 86.6 cm³/mol. The SMILES string of the molecule is CC(C)(C)OC(=O)NCc1ccnc(Cc2ccccc2)c1. The number of benzene rings is 1. The summed E-state index contributed by atoms with van der Waals surface area (Å²) in [4.78, 5) is 16.0. The number of rotatable bonds is 4. The fourth-order valence-electron chi connectivity index (χ4n) is 2.03. The second kappa shape index (κ2) is 7.07. The third kappa shape index (κ3) is 5.56. The van der Waals surface area contributed by atoms with E-state index in [-0.39, 0.29) is 0 Å². The Morgan fingerprint density at radius 3 is 2.55 bits per heavy atom. The van der Waals surface area contributed by atoms with Crippen molar-refractivity contribution in [2.75, 3.05) is 0 Å². The maximum absolute atomic E-state index is 11.7. The highest BCUT2D eigenvalue weighted by atomic mass is 16.6. The average Bonchev–Trinajstić information content (AvgIpc) is 2.45. The Hall–Kier alpha value is -2.36. The number of ether oxygens (including phenoxy) is 1. The zero-order chi connectivity index (χ0) is 16.0. The Balaban J connectivity index is 1.93. The Bertz CT molecular complexity index is 618. The summed E-state index contributed by atoms with van der Waals surface area (Å²) in [5, 5.41) is 2.76. The smallest absolute Gasteiger partial charge is 0.407 e. The Morgan fingerprint density at radius 2 is 1.86 bits per heavy atom. The summed E-state index contributed by atoms with van der Waals surface area (Å²) in [6, 6.07) is 14.1. The highest BCUT2D eigenvalue weighted by molar-refractivity contribution is 5.67. The van der Waals surface area contributed by atoms with Gasteiger partial charge in [0.05, 0.1) is 0 Å². The summed E-state index contributed by atoms with van der Waals surface area (Å²) in [5.74, 6) is 0. The van der Waals surface area contributed by atoms with E-state index in [1.54, 1.807) is 6.20 Å². The van der Waals surface area contributed by atoms with E-state index in [0.717, 1.165) is 17.7 Å². The third-order valence-corrected chi connectivity index (χ3v) is 2.94. The van der Waals surface area contributed by atoms with Gasteiger partial charge < -0.3 is 10.1 Å². The van der Waals surface area contributed by atoms with E-state index in [4.69, 9.17) is 4.74 Å². The molecule has 1 aromatic heterocycles. The van der Waals surface area contributed by atoms with E-state index >= 15 is 0 Å². The van der Waals surface area contributed by atoms with Gasteiger partial charge in [0.1, 0.15) is 5.60 Å². The number of amides is 1. The lowest BCUT2D eigenvalue weighted by Crippen LogP contribution is -2.32. The van der Waals surface area contributed by atoms with Crippen LogP contribution >= 0.6 is 0 Å². The van der Waals surface area contributed by atoms with E-state index in [1.165, 1.54) is 5.56 Å². The van der Waals surface area contributed by atoms with Gasteiger partial charge in [-0.05, 0) is 44.0 Å². The normalized spacial score (nSPS) is 11.0. The van der Waals surface area contributed by atoms with Crippen LogP contribution in [0, 0.1) is 0 Å². The van der Waals surface area contributed by atoms with Crippen LogP contribution in [0.25, 0.3) is 0 Å². The van der Waals surface area contributed by atoms with Crippen LogP contribution in [0.3, 0.4) is 0 Å². The minimum absolute atomic E-state index is 0.408. The molecular weight excluding hydrogens is 276 g/mol. The Labute approximate surface area is 131 Å². The number of aromatic nitrogens is 1. The first-order valence-corrected chi connectivity index (χ1v) is 7.37. The summed E-state index contributed by atoms with van der Waals surface area (Å²) in [6.07, 6.45) is 2.14. The standard InChI is InChI=1S/C18H22N2O2/c1-18(2,3)22-17(21)20-13-15-9-10-19-16(12-15)11-14-7-5-4-6-8-14/h4-10,12H,11,13H2,1-3H3,(H,20,21). The van der Waals surface area contributed by atoms with Crippen LogP contribution in [0.15, 0.2) is 48.7 Å². The molecule has 0 bridgehead atoms. The van der Waals surface area contributed by atoms with Gasteiger partial charge in [-0.25, -0.2) is 4.79 Å². The van der Waals surface area contributed by atoms with Crippen molar-refractivity contribution >= 4 is 6.09 Å². The average molecular weight is 298 g/mol. The fraction of sp³-hybridized carbons (Fsp3) is 0.333. The number of carbonyl (C=O) groups is 1. The Kier molecular flexibility index (Phi) is 5.15. The number of carbonyl (C=O) groups excluding carboxylic acids is 1. The first-order valence-electron chi connectivity index (χ1n) is 7.37.